The van der Waals surface area contributed by atoms with E-state index in [9.17, 15) is 4.79 Å². The van der Waals surface area contributed by atoms with Gasteiger partial charge in [-0.05, 0) is 32.9 Å². The van der Waals surface area contributed by atoms with Gasteiger partial charge in [0, 0.05) is 12.6 Å². The third kappa shape index (κ3) is 3.64. The SMILES string of the molecule is CCNC(CCN(C)C1CC1)C(=O)O. The summed E-state index contributed by atoms with van der Waals surface area (Å²) >= 11 is 0. The molecule has 1 atom stereocenters. The van der Waals surface area contributed by atoms with Gasteiger partial charge in [-0.15, -0.1) is 0 Å². The maximum absolute atomic E-state index is 10.8. The number of rotatable bonds is 7. The molecule has 14 heavy (non-hydrogen) atoms. The van der Waals surface area contributed by atoms with Gasteiger partial charge < -0.3 is 15.3 Å². The fourth-order valence-corrected chi connectivity index (χ4v) is 1.59. The molecule has 0 amide bonds. The second-order valence-electron chi connectivity index (χ2n) is 3.95. The summed E-state index contributed by atoms with van der Waals surface area (Å²) in [7, 11) is 2.07. The van der Waals surface area contributed by atoms with Crippen molar-refractivity contribution in [2.45, 2.75) is 38.3 Å². The number of nitrogens with one attached hydrogen (secondary N) is 1. The zero-order chi connectivity index (χ0) is 10.6. The van der Waals surface area contributed by atoms with Crippen molar-refractivity contribution in [2.75, 3.05) is 20.1 Å². The van der Waals surface area contributed by atoms with E-state index in [1.165, 1.54) is 12.8 Å². The summed E-state index contributed by atoms with van der Waals surface area (Å²) in [6.07, 6.45) is 3.24. The van der Waals surface area contributed by atoms with Gasteiger partial charge in [-0.1, -0.05) is 6.92 Å². The van der Waals surface area contributed by atoms with Crippen LogP contribution in [0.5, 0.6) is 0 Å². The highest BCUT2D eigenvalue weighted by Gasteiger charge is 2.27. The first-order valence-corrected chi connectivity index (χ1v) is 5.31. The first-order valence-electron chi connectivity index (χ1n) is 5.31. The Morgan fingerprint density at radius 3 is 2.71 bits per heavy atom. The normalized spacial score (nSPS) is 18.5. The number of likely N-dealkylation sites (N-methyl/N-ethyl adjacent to an activating group) is 1. The summed E-state index contributed by atoms with van der Waals surface area (Å²) in [6.45, 7) is 3.51. The van der Waals surface area contributed by atoms with Crippen LogP contribution in [0.4, 0.5) is 0 Å². The molecule has 1 fully saturated rings. The average Bonchev–Trinajstić information content (AvgIpc) is 2.94. The zero-order valence-corrected chi connectivity index (χ0v) is 8.99. The lowest BCUT2D eigenvalue weighted by Crippen LogP contribution is -2.39. The minimum absolute atomic E-state index is 0.388. The van der Waals surface area contributed by atoms with Crippen LogP contribution in [0.3, 0.4) is 0 Å². The molecule has 1 rings (SSSR count). The highest BCUT2D eigenvalue weighted by molar-refractivity contribution is 5.73. The van der Waals surface area contributed by atoms with Crippen molar-refractivity contribution >= 4 is 5.97 Å². The first-order chi connectivity index (χ1) is 6.65. The maximum atomic E-state index is 10.8. The number of carboxylic acids is 1. The average molecular weight is 200 g/mol. The molecule has 1 aliphatic carbocycles. The molecular formula is C10H20N2O2. The Hall–Kier alpha value is -0.610. The van der Waals surface area contributed by atoms with E-state index >= 15 is 0 Å². The molecule has 1 unspecified atom stereocenters. The number of aliphatic carboxylic acids is 1. The second-order valence-corrected chi connectivity index (χ2v) is 3.95. The highest BCUT2D eigenvalue weighted by Crippen LogP contribution is 2.25. The summed E-state index contributed by atoms with van der Waals surface area (Å²) in [5.74, 6) is -0.740. The Labute approximate surface area is 85.3 Å². The molecule has 0 aliphatic heterocycles. The second kappa shape index (κ2) is 5.32. The van der Waals surface area contributed by atoms with Crippen LogP contribution < -0.4 is 5.32 Å². The van der Waals surface area contributed by atoms with E-state index in [0.29, 0.717) is 19.0 Å². The zero-order valence-electron chi connectivity index (χ0n) is 8.99. The van der Waals surface area contributed by atoms with E-state index in [1.807, 2.05) is 6.92 Å². The monoisotopic (exact) mass is 200 g/mol. The van der Waals surface area contributed by atoms with Crippen molar-refractivity contribution < 1.29 is 9.90 Å². The summed E-state index contributed by atoms with van der Waals surface area (Å²) in [6, 6.07) is 0.326. The lowest BCUT2D eigenvalue weighted by Gasteiger charge is -2.19. The van der Waals surface area contributed by atoms with Crippen LogP contribution in [-0.4, -0.2) is 48.2 Å². The fraction of sp³-hybridized carbons (Fsp3) is 0.900. The maximum Gasteiger partial charge on any atom is 0.320 e. The standard InChI is InChI=1S/C10H20N2O2/c1-3-11-9(10(13)14)6-7-12(2)8-4-5-8/h8-9,11H,3-7H2,1-2H3,(H,13,14). The van der Waals surface area contributed by atoms with Gasteiger partial charge >= 0.3 is 5.97 Å². The van der Waals surface area contributed by atoms with Crippen LogP contribution in [-0.2, 0) is 4.79 Å². The molecule has 0 bridgehead atoms. The number of hydrogen-bond acceptors (Lipinski definition) is 3. The molecule has 1 aliphatic rings. The Morgan fingerprint density at radius 2 is 2.29 bits per heavy atom. The van der Waals surface area contributed by atoms with Crippen LogP contribution in [0.2, 0.25) is 0 Å². The predicted octanol–water partition coefficient (Wildman–Crippen LogP) is 0.533. The number of carbonyl (C=O) groups is 1. The van der Waals surface area contributed by atoms with Gasteiger partial charge in [-0.25, -0.2) is 0 Å². The van der Waals surface area contributed by atoms with Crippen LogP contribution in [0.15, 0.2) is 0 Å². The summed E-state index contributed by atoms with van der Waals surface area (Å²) in [4.78, 5) is 13.1. The topological polar surface area (TPSA) is 52.6 Å². The van der Waals surface area contributed by atoms with Gasteiger partial charge in [0.25, 0.3) is 0 Å². The van der Waals surface area contributed by atoms with Gasteiger partial charge in [0.05, 0.1) is 0 Å². The molecule has 2 N–H and O–H groups in total. The molecule has 4 nitrogen and oxygen atoms in total. The van der Waals surface area contributed by atoms with E-state index < -0.39 is 5.97 Å². The van der Waals surface area contributed by atoms with Crippen molar-refractivity contribution in [2.24, 2.45) is 0 Å². The predicted molar refractivity (Wildman–Crippen MR) is 55.4 cm³/mol. The summed E-state index contributed by atoms with van der Waals surface area (Å²) in [5.41, 5.74) is 0. The molecule has 0 aromatic carbocycles. The number of carboxylic acid groups (broad SMARTS) is 1. The Bertz CT molecular complexity index is 193. The third-order valence-corrected chi connectivity index (χ3v) is 2.69. The van der Waals surface area contributed by atoms with Gasteiger partial charge in [0.2, 0.25) is 0 Å². The van der Waals surface area contributed by atoms with Gasteiger partial charge in [0.15, 0.2) is 0 Å². The molecule has 0 radical (unpaired) electrons. The smallest absolute Gasteiger partial charge is 0.320 e. The van der Waals surface area contributed by atoms with Crippen LogP contribution >= 0.6 is 0 Å². The Kier molecular flexibility index (Phi) is 4.35. The van der Waals surface area contributed by atoms with E-state index in [0.717, 1.165) is 6.54 Å². The first kappa shape index (κ1) is 11.5. The largest absolute Gasteiger partial charge is 0.480 e. The highest BCUT2D eigenvalue weighted by atomic mass is 16.4. The van der Waals surface area contributed by atoms with Crippen molar-refractivity contribution in [3.8, 4) is 0 Å². The van der Waals surface area contributed by atoms with Crippen LogP contribution in [0.1, 0.15) is 26.2 Å². The van der Waals surface area contributed by atoms with Crippen molar-refractivity contribution in [1.29, 1.82) is 0 Å². The van der Waals surface area contributed by atoms with Crippen LogP contribution in [0, 0.1) is 0 Å². The Morgan fingerprint density at radius 1 is 1.64 bits per heavy atom. The van der Waals surface area contributed by atoms with Crippen molar-refractivity contribution in [1.82, 2.24) is 10.2 Å². The summed E-state index contributed by atoms with van der Waals surface area (Å²) in [5, 5.41) is 11.9. The van der Waals surface area contributed by atoms with Crippen molar-refractivity contribution in [3.63, 3.8) is 0 Å². The number of hydrogen-bond donors (Lipinski definition) is 2. The quantitative estimate of drug-likeness (QED) is 0.629. The molecule has 0 aromatic rings. The number of nitrogens with zero attached hydrogens (tertiary/aromatic N) is 1. The van der Waals surface area contributed by atoms with E-state index in [2.05, 4.69) is 17.3 Å². The molecule has 0 heterocycles. The molecule has 4 heteroatoms. The third-order valence-electron chi connectivity index (χ3n) is 2.69. The lowest BCUT2D eigenvalue weighted by molar-refractivity contribution is -0.139. The van der Waals surface area contributed by atoms with E-state index in [1.54, 1.807) is 0 Å². The molecule has 82 valence electrons. The molecule has 0 spiro atoms. The van der Waals surface area contributed by atoms with E-state index in [-0.39, 0.29) is 6.04 Å². The molecule has 0 saturated heterocycles. The van der Waals surface area contributed by atoms with Crippen molar-refractivity contribution in [3.05, 3.63) is 0 Å². The summed E-state index contributed by atoms with van der Waals surface area (Å²) < 4.78 is 0. The van der Waals surface area contributed by atoms with Gasteiger partial charge in [-0.2, -0.15) is 0 Å². The minimum atomic E-state index is -0.740. The Balaban J connectivity index is 2.20. The van der Waals surface area contributed by atoms with Gasteiger partial charge in [0.1, 0.15) is 6.04 Å². The molecular weight excluding hydrogens is 180 g/mol. The van der Waals surface area contributed by atoms with Gasteiger partial charge in [-0.3, -0.25) is 4.79 Å². The lowest BCUT2D eigenvalue weighted by atomic mass is 10.2. The van der Waals surface area contributed by atoms with Crippen LogP contribution in [0.25, 0.3) is 0 Å². The molecule has 1 saturated carbocycles. The molecule has 0 aromatic heterocycles. The fourth-order valence-electron chi connectivity index (χ4n) is 1.59. The minimum Gasteiger partial charge on any atom is -0.480 e. The van der Waals surface area contributed by atoms with E-state index in [4.69, 9.17) is 5.11 Å².